The van der Waals surface area contributed by atoms with Gasteiger partial charge in [-0.2, -0.15) is 0 Å². The van der Waals surface area contributed by atoms with E-state index in [1.165, 1.54) is 0 Å². The summed E-state index contributed by atoms with van der Waals surface area (Å²) in [4.78, 5) is 0. The quantitative estimate of drug-likeness (QED) is 0.805. The largest absolute Gasteiger partial charge is 0.378 e. The number of ether oxygens (including phenoxy) is 1. The Balaban J connectivity index is 2.52. The molecular formula is C10H19N3OS. The molecule has 1 heterocycles. The average molecular weight is 229 g/mol. The molecule has 1 N–H and O–H groups in total. The molecule has 4 nitrogen and oxygen atoms in total. The number of rotatable bonds is 6. The molecule has 5 heteroatoms. The Bertz CT molecular complexity index is 299. The van der Waals surface area contributed by atoms with Crippen LogP contribution in [0.15, 0.2) is 0 Å². The summed E-state index contributed by atoms with van der Waals surface area (Å²) in [6.45, 7) is 7.95. The molecule has 0 saturated heterocycles. The van der Waals surface area contributed by atoms with Gasteiger partial charge < -0.3 is 10.1 Å². The Morgan fingerprint density at radius 2 is 2.00 bits per heavy atom. The van der Waals surface area contributed by atoms with E-state index in [0.717, 1.165) is 29.5 Å². The van der Waals surface area contributed by atoms with E-state index in [9.17, 15) is 0 Å². The van der Waals surface area contributed by atoms with Crippen LogP contribution in [0.3, 0.4) is 0 Å². The maximum Gasteiger partial charge on any atom is 0.131 e. The molecule has 86 valence electrons. The van der Waals surface area contributed by atoms with Crippen molar-refractivity contribution in [3.8, 4) is 0 Å². The standard InChI is InChI=1S/C10H19N3OS/c1-5-11-7-9-13-12-8(15-9)6-10(2,3)14-4/h11H,5-7H2,1-4H3. The third-order valence-corrected chi connectivity index (χ3v) is 3.09. The van der Waals surface area contributed by atoms with Gasteiger partial charge in [-0.25, -0.2) is 0 Å². The monoisotopic (exact) mass is 229 g/mol. The summed E-state index contributed by atoms with van der Waals surface area (Å²) >= 11 is 1.65. The highest BCUT2D eigenvalue weighted by molar-refractivity contribution is 7.11. The van der Waals surface area contributed by atoms with Crippen LogP contribution in [0, 0.1) is 0 Å². The van der Waals surface area contributed by atoms with Gasteiger partial charge in [0, 0.05) is 20.1 Å². The Morgan fingerprint density at radius 1 is 1.33 bits per heavy atom. The van der Waals surface area contributed by atoms with E-state index >= 15 is 0 Å². The fraction of sp³-hybridized carbons (Fsp3) is 0.800. The Hall–Kier alpha value is -0.520. The lowest BCUT2D eigenvalue weighted by molar-refractivity contribution is 0.0230. The number of methoxy groups -OCH3 is 1. The lowest BCUT2D eigenvalue weighted by Gasteiger charge is -2.20. The molecule has 0 saturated carbocycles. The number of nitrogens with zero attached hydrogens (tertiary/aromatic N) is 2. The fourth-order valence-electron chi connectivity index (χ4n) is 1.10. The minimum Gasteiger partial charge on any atom is -0.378 e. The molecule has 0 unspecified atom stereocenters. The number of hydrogen-bond donors (Lipinski definition) is 1. The van der Waals surface area contributed by atoms with Crippen molar-refractivity contribution in [2.75, 3.05) is 13.7 Å². The van der Waals surface area contributed by atoms with Crippen LogP contribution in [0.4, 0.5) is 0 Å². The first-order valence-electron chi connectivity index (χ1n) is 5.14. The maximum absolute atomic E-state index is 5.36. The Kier molecular flexibility index (Phi) is 4.63. The van der Waals surface area contributed by atoms with Crippen LogP contribution in [-0.2, 0) is 17.7 Å². The number of nitrogens with one attached hydrogen (secondary N) is 1. The molecule has 0 bridgehead atoms. The summed E-state index contributed by atoms with van der Waals surface area (Å²) in [7, 11) is 1.72. The van der Waals surface area contributed by atoms with Gasteiger partial charge in [0.05, 0.1) is 5.60 Å². The van der Waals surface area contributed by atoms with Crippen molar-refractivity contribution in [2.24, 2.45) is 0 Å². The van der Waals surface area contributed by atoms with Crippen LogP contribution in [0.5, 0.6) is 0 Å². The van der Waals surface area contributed by atoms with Crippen molar-refractivity contribution in [1.29, 1.82) is 0 Å². The fourth-order valence-corrected chi connectivity index (χ4v) is 2.13. The molecule has 0 aromatic carbocycles. The smallest absolute Gasteiger partial charge is 0.131 e. The van der Waals surface area contributed by atoms with E-state index in [4.69, 9.17) is 4.74 Å². The van der Waals surface area contributed by atoms with Crippen LogP contribution in [-0.4, -0.2) is 29.5 Å². The summed E-state index contributed by atoms with van der Waals surface area (Å²) in [6, 6.07) is 0. The lowest BCUT2D eigenvalue weighted by Crippen LogP contribution is -2.25. The molecule has 1 rings (SSSR count). The van der Waals surface area contributed by atoms with Crippen LogP contribution in [0.25, 0.3) is 0 Å². The second-order valence-electron chi connectivity index (χ2n) is 4.01. The maximum atomic E-state index is 5.36. The van der Waals surface area contributed by atoms with Crippen LogP contribution in [0.1, 0.15) is 30.8 Å². The summed E-state index contributed by atoms with van der Waals surface area (Å²) in [6.07, 6.45) is 0.813. The van der Waals surface area contributed by atoms with Crippen molar-refractivity contribution in [1.82, 2.24) is 15.5 Å². The van der Waals surface area contributed by atoms with Gasteiger partial charge in [-0.05, 0) is 20.4 Å². The first-order valence-corrected chi connectivity index (χ1v) is 5.96. The van der Waals surface area contributed by atoms with E-state index in [-0.39, 0.29) is 5.60 Å². The van der Waals surface area contributed by atoms with E-state index < -0.39 is 0 Å². The van der Waals surface area contributed by atoms with E-state index in [1.807, 2.05) is 0 Å². The second-order valence-corrected chi connectivity index (χ2v) is 5.16. The lowest BCUT2D eigenvalue weighted by atomic mass is 10.1. The SMILES string of the molecule is CCNCc1nnc(CC(C)(C)OC)s1. The Labute approximate surface area is 95.1 Å². The van der Waals surface area contributed by atoms with Gasteiger partial charge in [-0.1, -0.05) is 6.92 Å². The molecule has 1 aromatic heterocycles. The molecule has 1 aromatic rings. The van der Waals surface area contributed by atoms with Crippen LogP contribution < -0.4 is 5.32 Å². The predicted molar refractivity (Wildman–Crippen MR) is 62.1 cm³/mol. The van der Waals surface area contributed by atoms with Crippen LogP contribution in [0.2, 0.25) is 0 Å². The number of hydrogen-bond acceptors (Lipinski definition) is 5. The minimum atomic E-state index is -0.158. The third kappa shape index (κ3) is 4.24. The highest BCUT2D eigenvalue weighted by atomic mass is 32.1. The third-order valence-electron chi connectivity index (χ3n) is 2.16. The van der Waals surface area contributed by atoms with Gasteiger partial charge in [0.15, 0.2) is 0 Å². The zero-order valence-corrected chi connectivity index (χ0v) is 10.6. The molecule has 0 amide bonds. The summed E-state index contributed by atoms with van der Waals surface area (Å²) in [5.74, 6) is 0. The van der Waals surface area contributed by atoms with Crippen molar-refractivity contribution in [3.05, 3.63) is 10.0 Å². The second kappa shape index (κ2) is 5.53. The van der Waals surface area contributed by atoms with Gasteiger partial charge in [0.2, 0.25) is 0 Å². The molecule has 0 radical (unpaired) electrons. The molecule has 0 atom stereocenters. The zero-order chi connectivity index (χ0) is 11.3. The molecule has 0 aliphatic heterocycles. The van der Waals surface area contributed by atoms with Gasteiger partial charge in [0.25, 0.3) is 0 Å². The van der Waals surface area contributed by atoms with Crippen molar-refractivity contribution in [2.45, 2.75) is 39.3 Å². The highest BCUT2D eigenvalue weighted by Crippen LogP contribution is 2.19. The molecular weight excluding hydrogens is 210 g/mol. The van der Waals surface area contributed by atoms with Gasteiger partial charge in [0.1, 0.15) is 10.0 Å². The summed E-state index contributed by atoms with van der Waals surface area (Å²) < 4.78 is 5.36. The average Bonchev–Trinajstić information content (AvgIpc) is 2.62. The van der Waals surface area contributed by atoms with Gasteiger partial charge >= 0.3 is 0 Å². The summed E-state index contributed by atoms with van der Waals surface area (Å²) in [5, 5.41) is 13.6. The molecule has 0 aliphatic rings. The topological polar surface area (TPSA) is 47.0 Å². The van der Waals surface area contributed by atoms with Gasteiger partial charge in [-0.15, -0.1) is 21.5 Å². The predicted octanol–water partition coefficient (Wildman–Crippen LogP) is 1.62. The van der Waals surface area contributed by atoms with E-state index in [1.54, 1.807) is 18.4 Å². The normalized spacial score (nSPS) is 12.0. The Morgan fingerprint density at radius 3 is 2.60 bits per heavy atom. The first kappa shape index (κ1) is 12.5. The number of aromatic nitrogens is 2. The summed E-state index contributed by atoms with van der Waals surface area (Å²) in [5.41, 5.74) is -0.158. The van der Waals surface area contributed by atoms with E-state index in [0.29, 0.717) is 0 Å². The molecule has 15 heavy (non-hydrogen) atoms. The molecule has 0 fully saturated rings. The van der Waals surface area contributed by atoms with Crippen LogP contribution >= 0.6 is 11.3 Å². The van der Waals surface area contributed by atoms with Crippen molar-refractivity contribution < 1.29 is 4.74 Å². The minimum absolute atomic E-state index is 0.158. The van der Waals surface area contributed by atoms with Gasteiger partial charge in [-0.3, -0.25) is 0 Å². The molecule has 0 spiro atoms. The van der Waals surface area contributed by atoms with Crippen molar-refractivity contribution >= 4 is 11.3 Å². The van der Waals surface area contributed by atoms with E-state index in [2.05, 4.69) is 36.3 Å². The molecule has 0 aliphatic carbocycles. The van der Waals surface area contributed by atoms with Crippen molar-refractivity contribution in [3.63, 3.8) is 0 Å². The highest BCUT2D eigenvalue weighted by Gasteiger charge is 2.19. The zero-order valence-electron chi connectivity index (χ0n) is 9.83. The first-order chi connectivity index (χ1) is 7.07.